The summed E-state index contributed by atoms with van der Waals surface area (Å²) < 4.78 is 0. The molecule has 3 aromatic heterocycles. The minimum absolute atomic E-state index is 0.176. The number of carbonyl (C=O) groups excluding carboxylic acids is 1. The van der Waals surface area contributed by atoms with Gasteiger partial charge in [0.1, 0.15) is 9.71 Å². The van der Waals surface area contributed by atoms with E-state index in [9.17, 15) is 4.79 Å². The highest BCUT2D eigenvalue weighted by Crippen LogP contribution is 2.32. The molecule has 0 aromatic carbocycles. The third kappa shape index (κ3) is 2.71. The lowest BCUT2D eigenvalue weighted by molar-refractivity contribution is 0.0956. The van der Waals surface area contributed by atoms with E-state index in [1.165, 1.54) is 11.3 Å². The van der Waals surface area contributed by atoms with Crippen molar-refractivity contribution in [2.45, 2.75) is 13.5 Å². The number of thiophene rings is 1. The van der Waals surface area contributed by atoms with Crippen LogP contribution in [0.2, 0.25) is 0 Å². The highest BCUT2D eigenvalue weighted by molar-refractivity contribution is 7.21. The maximum Gasteiger partial charge on any atom is 0.263 e. The molecule has 0 atom stereocenters. The van der Waals surface area contributed by atoms with Crippen LogP contribution in [0.3, 0.4) is 0 Å². The van der Waals surface area contributed by atoms with Gasteiger partial charge >= 0.3 is 0 Å². The maximum atomic E-state index is 12.3. The number of hydrogen-bond acceptors (Lipinski definition) is 5. The maximum absolute atomic E-state index is 12.3. The summed E-state index contributed by atoms with van der Waals surface area (Å²) in [6, 6.07) is 7.52. The van der Waals surface area contributed by atoms with Crippen LogP contribution in [-0.2, 0) is 6.54 Å². The Morgan fingerprint density at radius 2 is 2.05 bits per heavy atom. The van der Waals surface area contributed by atoms with Crippen molar-refractivity contribution in [3.8, 4) is 0 Å². The van der Waals surface area contributed by atoms with Crippen molar-refractivity contribution in [1.29, 1.82) is 0 Å². The van der Waals surface area contributed by atoms with Crippen molar-refractivity contribution in [3.05, 3.63) is 52.8 Å². The van der Waals surface area contributed by atoms with Gasteiger partial charge in [0.15, 0.2) is 0 Å². The monoisotopic (exact) mass is 298 g/mol. The number of nitrogens with zero attached hydrogens (tertiary/aromatic N) is 2. The first kappa shape index (κ1) is 13.5. The number of nitrogens with one attached hydrogen (secondary N) is 1. The topological polar surface area (TPSA) is 80.9 Å². The van der Waals surface area contributed by atoms with Crippen LogP contribution < -0.4 is 11.1 Å². The molecule has 0 saturated carbocycles. The smallest absolute Gasteiger partial charge is 0.263 e. The first-order chi connectivity index (χ1) is 10.1. The molecule has 0 aliphatic rings. The molecule has 3 heterocycles. The Kier molecular flexibility index (Phi) is 3.53. The number of pyridine rings is 2. The van der Waals surface area contributed by atoms with E-state index in [0.29, 0.717) is 17.1 Å². The number of rotatable bonds is 3. The molecule has 3 N–H and O–H groups in total. The van der Waals surface area contributed by atoms with E-state index in [1.807, 2.05) is 31.2 Å². The van der Waals surface area contributed by atoms with Crippen LogP contribution >= 0.6 is 11.3 Å². The fourth-order valence-corrected chi connectivity index (χ4v) is 3.08. The van der Waals surface area contributed by atoms with E-state index in [-0.39, 0.29) is 5.91 Å². The number of fused-ring (bicyclic) bond motifs is 1. The fraction of sp³-hybridized carbons (Fsp3) is 0.133. The first-order valence-electron chi connectivity index (χ1n) is 6.48. The molecule has 5 nitrogen and oxygen atoms in total. The second kappa shape index (κ2) is 5.49. The summed E-state index contributed by atoms with van der Waals surface area (Å²) in [5.74, 6) is -0.176. The zero-order chi connectivity index (χ0) is 14.8. The Bertz CT molecular complexity index is 798. The van der Waals surface area contributed by atoms with Gasteiger partial charge in [-0.3, -0.25) is 9.78 Å². The first-order valence-corrected chi connectivity index (χ1v) is 7.29. The van der Waals surface area contributed by atoms with Crippen molar-refractivity contribution in [2.24, 2.45) is 0 Å². The number of amides is 1. The molecule has 0 unspecified atom stereocenters. The molecule has 0 fully saturated rings. The number of aromatic nitrogens is 2. The van der Waals surface area contributed by atoms with Crippen LogP contribution in [0.1, 0.15) is 20.9 Å². The van der Waals surface area contributed by atoms with Gasteiger partial charge in [0.05, 0.1) is 5.69 Å². The summed E-state index contributed by atoms with van der Waals surface area (Å²) in [6.07, 6.45) is 3.39. The standard InChI is InChI=1S/C15H14N4OS/c1-9-2-3-11-12(16)13(21-15(11)19-9)14(20)18-8-10-4-6-17-7-5-10/h2-7H,8,16H2,1H3,(H,18,20). The summed E-state index contributed by atoms with van der Waals surface area (Å²) in [5, 5.41) is 3.70. The zero-order valence-corrected chi connectivity index (χ0v) is 12.3. The van der Waals surface area contributed by atoms with Gasteiger partial charge in [-0.05, 0) is 36.8 Å². The van der Waals surface area contributed by atoms with Crippen LogP contribution in [0.5, 0.6) is 0 Å². The van der Waals surface area contributed by atoms with Crippen molar-refractivity contribution in [3.63, 3.8) is 0 Å². The van der Waals surface area contributed by atoms with Crippen LogP contribution in [0.4, 0.5) is 5.69 Å². The third-order valence-electron chi connectivity index (χ3n) is 3.14. The second-order valence-electron chi connectivity index (χ2n) is 4.69. The summed E-state index contributed by atoms with van der Waals surface area (Å²) in [7, 11) is 0. The Labute approximate surface area is 125 Å². The fourth-order valence-electron chi connectivity index (χ4n) is 2.02. The van der Waals surface area contributed by atoms with Crippen LogP contribution in [0, 0.1) is 6.92 Å². The van der Waals surface area contributed by atoms with Gasteiger partial charge in [-0.15, -0.1) is 11.3 Å². The second-order valence-corrected chi connectivity index (χ2v) is 5.69. The van der Waals surface area contributed by atoms with Crippen LogP contribution in [0.25, 0.3) is 10.2 Å². The third-order valence-corrected chi connectivity index (χ3v) is 4.26. The van der Waals surface area contributed by atoms with Gasteiger partial charge < -0.3 is 11.1 Å². The van der Waals surface area contributed by atoms with Crippen molar-refractivity contribution >= 4 is 33.1 Å². The number of carbonyl (C=O) groups is 1. The summed E-state index contributed by atoms with van der Waals surface area (Å²) >= 11 is 1.32. The van der Waals surface area contributed by atoms with E-state index >= 15 is 0 Å². The van der Waals surface area contributed by atoms with Crippen molar-refractivity contribution in [2.75, 3.05) is 5.73 Å². The molecule has 6 heteroatoms. The molecular weight excluding hydrogens is 284 g/mol. The normalized spacial score (nSPS) is 10.7. The average Bonchev–Trinajstić information content (AvgIpc) is 2.82. The van der Waals surface area contributed by atoms with Gasteiger partial charge in [-0.1, -0.05) is 0 Å². The molecule has 3 rings (SSSR count). The quantitative estimate of drug-likeness (QED) is 0.778. The van der Waals surface area contributed by atoms with Gasteiger partial charge in [-0.2, -0.15) is 0 Å². The largest absolute Gasteiger partial charge is 0.397 e. The molecule has 106 valence electrons. The summed E-state index contributed by atoms with van der Waals surface area (Å²) in [4.78, 5) is 21.9. The predicted octanol–water partition coefficient (Wildman–Crippen LogP) is 2.51. The van der Waals surface area contributed by atoms with Crippen molar-refractivity contribution < 1.29 is 4.79 Å². The highest BCUT2D eigenvalue weighted by atomic mass is 32.1. The SMILES string of the molecule is Cc1ccc2c(N)c(C(=O)NCc3ccncc3)sc2n1. The molecule has 0 bridgehead atoms. The highest BCUT2D eigenvalue weighted by Gasteiger charge is 2.16. The van der Waals surface area contributed by atoms with E-state index in [1.54, 1.807) is 12.4 Å². The predicted molar refractivity (Wildman–Crippen MR) is 84.2 cm³/mol. The molecule has 0 aliphatic carbocycles. The van der Waals surface area contributed by atoms with E-state index in [4.69, 9.17) is 5.73 Å². The lowest BCUT2D eigenvalue weighted by Crippen LogP contribution is -2.22. The molecular formula is C15H14N4OS. The lowest BCUT2D eigenvalue weighted by atomic mass is 10.2. The molecule has 0 aliphatic heterocycles. The number of anilines is 1. The minimum atomic E-state index is -0.176. The van der Waals surface area contributed by atoms with Crippen LogP contribution in [0.15, 0.2) is 36.7 Å². The van der Waals surface area contributed by atoms with Crippen molar-refractivity contribution in [1.82, 2.24) is 15.3 Å². The Morgan fingerprint density at radius 3 is 2.81 bits per heavy atom. The van der Waals surface area contributed by atoms with E-state index < -0.39 is 0 Å². The molecule has 0 radical (unpaired) electrons. The molecule has 0 saturated heterocycles. The number of hydrogen-bond donors (Lipinski definition) is 2. The van der Waals surface area contributed by atoms with E-state index in [2.05, 4.69) is 15.3 Å². The van der Waals surface area contributed by atoms with Gasteiger partial charge in [0.2, 0.25) is 0 Å². The summed E-state index contributed by atoms with van der Waals surface area (Å²) in [6.45, 7) is 2.36. The lowest BCUT2D eigenvalue weighted by Gasteiger charge is -2.04. The van der Waals surface area contributed by atoms with Gasteiger partial charge in [0.25, 0.3) is 5.91 Å². The Balaban J connectivity index is 1.83. The Hall–Kier alpha value is -2.47. The average molecular weight is 298 g/mol. The molecule has 3 aromatic rings. The summed E-state index contributed by atoms with van der Waals surface area (Å²) in [5.41, 5.74) is 8.46. The zero-order valence-electron chi connectivity index (χ0n) is 11.5. The number of nitrogen functional groups attached to an aromatic ring is 1. The molecule has 0 spiro atoms. The van der Waals surface area contributed by atoms with Gasteiger partial charge in [0, 0.05) is 30.0 Å². The Morgan fingerprint density at radius 1 is 1.29 bits per heavy atom. The minimum Gasteiger partial charge on any atom is -0.397 e. The molecule has 1 amide bonds. The van der Waals surface area contributed by atoms with E-state index in [0.717, 1.165) is 21.5 Å². The van der Waals surface area contributed by atoms with Crippen LogP contribution in [-0.4, -0.2) is 15.9 Å². The molecule has 21 heavy (non-hydrogen) atoms. The van der Waals surface area contributed by atoms with Gasteiger partial charge in [-0.25, -0.2) is 4.98 Å². The number of nitrogens with two attached hydrogens (primary N) is 1. The number of aryl methyl sites for hydroxylation is 1.